The lowest BCUT2D eigenvalue weighted by Gasteiger charge is -2.35. The third-order valence-corrected chi connectivity index (χ3v) is 5.96. The molecule has 7 heteroatoms. The number of fused-ring (bicyclic) bond motifs is 1. The Kier molecular flexibility index (Phi) is 4.52. The van der Waals surface area contributed by atoms with Crippen molar-refractivity contribution in [1.29, 1.82) is 0 Å². The van der Waals surface area contributed by atoms with Crippen molar-refractivity contribution in [2.45, 2.75) is 31.8 Å². The summed E-state index contributed by atoms with van der Waals surface area (Å²) in [5.74, 6) is 0.922. The van der Waals surface area contributed by atoms with Gasteiger partial charge in [-0.05, 0) is 56.1 Å². The Morgan fingerprint density at radius 2 is 1.97 bits per heavy atom. The van der Waals surface area contributed by atoms with Gasteiger partial charge in [0, 0.05) is 48.0 Å². The van der Waals surface area contributed by atoms with Gasteiger partial charge in [-0.1, -0.05) is 6.07 Å². The topological polar surface area (TPSA) is 85.5 Å². The highest BCUT2D eigenvalue weighted by Crippen LogP contribution is 2.34. The smallest absolute Gasteiger partial charge is 0.151 e. The normalized spacial score (nSPS) is 19.5. The van der Waals surface area contributed by atoms with Crippen molar-refractivity contribution in [3.8, 4) is 22.4 Å². The van der Waals surface area contributed by atoms with Gasteiger partial charge in [-0.2, -0.15) is 5.10 Å². The fourth-order valence-corrected chi connectivity index (χ4v) is 4.32. The van der Waals surface area contributed by atoms with E-state index < -0.39 is 0 Å². The van der Waals surface area contributed by atoms with Crippen molar-refractivity contribution in [2.75, 3.05) is 18.5 Å². The third-order valence-electron chi connectivity index (χ3n) is 5.96. The summed E-state index contributed by atoms with van der Waals surface area (Å²) in [4.78, 5) is 5.63. The van der Waals surface area contributed by atoms with Gasteiger partial charge in [-0.3, -0.25) is 5.10 Å². The first-order valence-electron chi connectivity index (χ1n) is 10.1. The lowest BCUT2D eigenvalue weighted by atomic mass is 9.99. The maximum absolute atomic E-state index is 4.56. The van der Waals surface area contributed by atoms with E-state index in [9.17, 15) is 0 Å². The fourth-order valence-electron chi connectivity index (χ4n) is 4.32. The summed E-state index contributed by atoms with van der Waals surface area (Å²) >= 11 is 0. The molecule has 0 radical (unpaired) electrons. The molecule has 0 spiro atoms. The van der Waals surface area contributed by atoms with Crippen LogP contribution in [0.5, 0.6) is 0 Å². The first-order valence-corrected chi connectivity index (χ1v) is 10.1. The van der Waals surface area contributed by atoms with Crippen LogP contribution in [0, 0.1) is 0 Å². The van der Waals surface area contributed by atoms with E-state index >= 15 is 0 Å². The van der Waals surface area contributed by atoms with Gasteiger partial charge in [0.25, 0.3) is 0 Å². The molecule has 0 saturated carbocycles. The van der Waals surface area contributed by atoms with Gasteiger partial charge in [-0.15, -0.1) is 10.2 Å². The number of aromatic amines is 2. The van der Waals surface area contributed by atoms with Crippen molar-refractivity contribution in [1.82, 2.24) is 30.7 Å². The van der Waals surface area contributed by atoms with Gasteiger partial charge in [-0.25, -0.2) is 0 Å². The van der Waals surface area contributed by atoms with Crippen molar-refractivity contribution in [2.24, 2.45) is 0 Å². The second kappa shape index (κ2) is 7.33. The highest BCUT2D eigenvalue weighted by Gasteiger charge is 2.23. The summed E-state index contributed by atoms with van der Waals surface area (Å²) in [6.45, 7) is 3.29. The molecule has 0 amide bonds. The van der Waals surface area contributed by atoms with E-state index in [4.69, 9.17) is 0 Å². The molecular formula is C22H25N7. The number of nitrogens with zero attached hydrogens (tertiary/aromatic N) is 4. The second-order valence-electron chi connectivity index (χ2n) is 7.84. The number of aromatic nitrogens is 5. The van der Waals surface area contributed by atoms with Gasteiger partial charge in [0.05, 0.1) is 17.4 Å². The van der Waals surface area contributed by atoms with Gasteiger partial charge in [0.1, 0.15) is 0 Å². The number of anilines is 1. The molecule has 148 valence electrons. The maximum Gasteiger partial charge on any atom is 0.151 e. The van der Waals surface area contributed by atoms with Crippen molar-refractivity contribution >= 4 is 16.7 Å². The molecule has 1 aliphatic heterocycles. The molecule has 0 bridgehead atoms. The summed E-state index contributed by atoms with van der Waals surface area (Å²) < 4.78 is 0. The lowest BCUT2D eigenvalue weighted by Crippen LogP contribution is -2.45. The molecule has 29 heavy (non-hydrogen) atoms. The van der Waals surface area contributed by atoms with Gasteiger partial charge in [0.2, 0.25) is 0 Å². The number of hydrogen-bond acceptors (Lipinski definition) is 5. The standard InChI is InChI=1S/C22H25N7/c1-14-11-16(7-9-23-14)29(2)21-6-5-20(27-28-21)19-4-3-17(15-12-25-26-13-15)18-8-10-24-22(18)19/h3-6,8,10,12-14,16,23-24H,7,9,11H2,1-2H3,(H,25,26)/t14-,16+/m1/s1. The molecule has 1 saturated heterocycles. The van der Waals surface area contributed by atoms with E-state index in [-0.39, 0.29) is 0 Å². The summed E-state index contributed by atoms with van der Waals surface area (Å²) in [6.07, 6.45) is 7.97. The highest BCUT2D eigenvalue weighted by molar-refractivity contribution is 6.02. The zero-order valence-electron chi connectivity index (χ0n) is 16.7. The van der Waals surface area contributed by atoms with E-state index in [1.54, 1.807) is 0 Å². The third kappa shape index (κ3) is 3.27. The van der Waals surface area contributed by atoms with Crippen LogP contribution in [-0.4, -0.2) is 51.1 Å². The summed E-state index contributed by atoms with van der Waals surface area (Å²) in [5, 5.41) is 20.7. The first-order chi connectivity index (χ1) is 14.2. The monoisotopic (exact) mass is 387 g/mol. The molecule has 5 rings (SSSR count). The summed E-state index contributed by atoms with van der Waals surface area (Å²) in [6, 6.07) is 11.5. The van der Waals surface area contributed by atoms with E-state index in [2.05, 4.69) is 79.9 Å². The SMILES string of the molecule is C[C@@H]1C[C@@H](N(C)c2ccc(-c3ccc(-c4cn[nH]c4)c4cc[nH]c34)nn2)CCN1. The van der Waals surface area contributed by atoms with Gasteiger partial charge in [0.15, 0.2) is 5.82 Å². The van der Waals surface area contributed by atoms with Crippen LogP contribution in [0.25, 0.3) is 33.3 Å². The minimum absolute atomic E-state index is 0.496. The quantitative estimate of drug-likeness (QED) is 0.498. The number of nitrogens with one attached hydrogen (secondary N) is 3. The first kappa shape index (κ1) is 17.9. The fraction of sp³-hybridized carbons (Fsp3) is 0.318. The van der Waals surface area contributed by atoms with E-state index in [0.29, 0.717) is 12.1 Å². The van der Waals surface area contributed by atoms with Crippen LogP contribution < -0.4 is 10.2 Å². The molecule has 4 heterocycles. The number of rotatable bonds is 4. The van der Waals surface area contributed by atoms with Crippen LogP contribution in [0.15, 0.2) is 48.9 Å². The molecule has 7 nitrogen and oxygen atoms in total. The highest BCUT2D eigenvalue weighted by atomic mass is 15.3. The maximum atomic E-state index is 4.56. The Morgan fingerprint density at radius 3 is 2.72 bits per heavy atom. The molecule has 1 aromatic carbocycles. The molecule has 3 N–H and O–H groups in total. The minimum Gasteiger partial charge on any atom is -0.361 e. The Morgan fingerprint density at radius 1 is 1.07 bits per heavy atom. The molecule has 1 aliphatic rings. The van der Waals surface area contributed by atoms with Crippen LogP contribution in [-0.2, 0) is 0 Å². The van der Waals surface area contributed by atoms with E-state index in [0.717, 1.165) is 58.5 Å². The van der Waals surface area contributed by atoms with Crippen molar-refractivity contribution < 1.29 is 0 Å². The Bertz CT molecular complexity index is 1100. The van der Waals surface area contributed by atoms with Crippen LogP contribution >= 0.6 is 0 Å². The van der Waals surface area contributed by atoms with Crippen molar-refractivity contribution in [3.05, 3.63) is 48.9 Å². The van der Waals surface area contributed by atoms with Crippen LogP contribution in [0.4, 0.5) is 5.82 Å². The summed E-state index contributed by atoms with van der Waals surface area (Å²) in [5.41, 5.74) is 5.19. The average molecular weight is 387 g/mol. The molecule has 3 aromatic heterocycles. The molecule has 0 aliphatic carbocycles. The Hall–Kier alpha value is -3.19. The van der Waals surface area contributed by atoms with Crippen LogP contribution in [0.3, 0.4) is 0 Å². The number of H-pyrrole nitrogens is 2. The van der Waals surface area contributed by atoms with Gasteiger partial charge >= 0.3 is 0 Å². The predicted molar refractivity (Wildman–Crippen MR) is 116 cm³/mol. The molecule has 1 fully saturated rings. The number of piperidine rings is 1. The van der Waals surface area contributed by atoms with Crippen LogP contribution in [0.2, 0.25) is 0 Å². The molecule has 0 unspecified atom stereocenters. The molecule has 2 atom stereocenters. The lowest BCUT2D eigenvalue weighted by molar-refractivity contribution is 0.370. The predicted octanol–water partition coefficient (Wildman–Crippen LogP) is 3.59. The molecule has 4 aromatic rings. The van der Waals surface area contributed by atoms with Gasteiger partial charge < -0.3 is 15.2 Å². The van der Waals surface area contributed by atoms with E-state index in [1.165, 1.54) is 0 Å². The summed E-state index contributed by atoms with van der Waals surface area (Å²) in [7, 11) is 2.12. The zero-order chi connectivity index (χ0) is 19.8. The number of benzene rings is 1. The second-order valence-corrected chi connectivity index (χ2v) is 7.84. The average Bonchev–Trinajstić information content (AvgIpc) is 3.45. The van der Waals surface area contributed by atoms with Crippen molar-refractivity contribution in [3.63, 3.8) is 0 Å². The van der Waals surface area contributed by atoms with Crippen LogP contribution in [0.1, 0.15) is 19.8 Å². The Labute approximate surface area is 169 Å². The largest absolute Gasteiger partial charge is 0.361 e. The number of hydrogen-bond donors (Lipinski definition) is 3. The Balaban J connectivity index is 1.45. The minimum atomic E-state index is 0.496. The molecular weight excluding hydrogens is 362 g/mol. The zero-order valence-corrected chi connectivity index (χ0v) is 16.7. The van der Waals surface area contributed by atoms with E-state index in [1.807, 2.05) is 18.6 Å².